The number of hydrogen-bond donors (Lipinski definition) is 0. The minimum Gasteiger partial charge on any atom is -0.308 e. The quantitative estimate of drug-likeness (QED) is 0.206. The highest BCUT2D eigenvalue weighted by atomic mass is 15.0. The smallest absolute Gasteiger partial charge is 0.0972 e. The van der Waals surface area contributed by atoms with Crippen LogP contribution in [0.2, 0.25) is 0 Å². The molecular weight excluding hydrogens is 524 g/mol. The van der Waals surface area contributed by atoms with E-state index < -0.39 is 0 Å². The maximum atomic E-state index is 5.17. The van der Waals surface area contributed by atoms with Crippen LogP contribution in [-0.4, -0.2) is 19.5 Å². The average molecular weight is 549 g/mol. The lowest BCUT2D eigenvalue weighted by atomic mass is 9.97. The monoisotopic (exact) mass is 548 g/mol. The Morgan fingerprint density at radius 1 is 0.442 bits per heavy atom. The number of nitrogens with zero attached hydrogens (tertiary/aromatic N) is 4. The van der Waals surface area contributed by atoms with Crippen LogP contribution in [0.25, 0.3) is 82.6 Å². The van der Waals surface area contributed by atoms with Crippen LogP contribution in [0.3, 0.4) is 0 Å². The summed E-state index contributed by atoms with van der Waals surface area (Å²) in [6.07, 6.45) is 3.57. The predicted octanol–water partition coefficient (Wildman–Crippen LogP) is 9.76. The van der Waals surface area contributed by atoms with Gasteiger partial charge < -0.3 is 4.57 Å². The molecule has 0 aliphatic rings. The number of pyridine rings is 1. The zero-order chi connectivity index (χ0) is 28.3. The van der Waals surface area contributed by atoms with Gasteiger partial charge in [0.15, 0.2) is 0 Å². The van der Waals surface area contributed by atoms with Crippen LogP contribution in [0, 0.1) is 0 Å². The van der Waals surface area contributed by atoms with Gasteiger partial charge in [0.05, 0.1) is 39.1 Å². The topological polar surface area (TPSA) is 43.6 Å². The standard InChI is InChI=1S/C39H24N4/c1-3-11-25(12-4-1)33-23-27(24-34(42-33)26-13-5-2-6-14-26)43-35-18-10-9-15-28(35)31-19-20-32-36(39(31)43)29-16-7-8-17-30(29)37-38(32)41-22-21-40-37/h1-24H. The Hall–Kier alpha value is -5.87. The molecule has 0 fully saturated rings. The van der Waals surface area contributed by atoms with Gasteiger partial charge in [-0.2, -0.15) is 0 Å². The molecule has 0 bridgehead atoms. The Kier molecular flexibility index (Phi) is 5.16. The first-order valence-electron chi connectivity index (χ1n) is 14.5. The fraction of sp³-hybridized carbons (Fsp3) is 0. The summed E-state index contributed by atoms with van der Waals surface area (Å²) in [6, 6.07) is 47.0. The van der Waals surface area contributed by atoms with Gasteiger partial charge in [0.1, 0.15) is 0 Å². The van der Waals surface area contributed by atoms with Gasteiger partial charge in [-0.25, -0.2) is 4.98 Å². The minimum absolute atomic E-state index is 0.916. The normalized spacial score (nSPS) is 11.7. The Balaban J connectivity index is 1.49. The molecule has 0 N–H and O–H groups in total. The maximum Gasteiger partial charge on any atom is 0.0972 e. The number of hydrogen-bond acceptors (Lipinski definition) is 3. The molecule has 4 heteroatoms. The molecule has 0 amide bonds. The molecule has 43 heavy (non-hydrogen) atoms. The fourth-order valence-electron chi connectivity index (χ4n) is 6.59. The van der Waals surface area contributed by atoms with Crippen molar-refractivity contribution in [1.29, 1.82) is 0 Å². The summed E-state index contributed by atoms with van der Waals surface area (Å²) < 4.78 is 2.42. The summed E-state index contributed by atoms with van der Waals surface area (Å²) in [4.78, 5) is 14.8. The molecule has 0 aliphatic heterocycles. The third kappa shape index (κ3) is 3.60. The minimum atomic E-state index is 0.916. The van der Waals surface area contributed by atoms with Crippen molar-refractivity contribution in [2.75, 3.05) is 0 Å². The molecule has 0 aliphatic carbocycles. The summed E-state index contributed by atoms with van der Waals surface area (Å²) in [5.41, 5.74) is 9.25. The van der Waals surface area contributed by atoms with Gasteiger partial charge in [0, 0.05) is 50.5 Å². The molecular formula is C39H24N4. The van der Waals surface area contributed by atoms with Crippen molar-refractivity contribution in [3.05, 3.63) is 146 Å². The molecule has 0 unspecified atom stereocenters. The molecule has 0 saturated carbocycles. The summed E-state index contributed by atoms with van der Waals surface area (Å²) in [5.74, 6) is 0. The Bertz CT molecular complexity index is 2400. The zero-order valence-corrected chi connectivity index (χ0v) is 23.1. The fourth-order valence-corrected chi connectivity index (χ4v) is 6.59. The van der Waals surface area contributed by atoms with Crippen LogP contribution >= 0.6 is 0 Å². The van der Waals surface area contributed by atoms with Crippen molar-refractivity contribution in [1.82, 2.24) is 19.5 Å². The van der Waals surface area contributed by atoms with Crippen molar-refractivity contribution >= 4 is 54.4 Å². The maximum absolute atomic E-state index is 5.17. The van der Waals surface area contributed by atoms with Crippen LogP contribution in [-0.2, 0) is 0 Å². The number of fused-ring (bicyclic) bond motifs is 10. The lowest BCUT2D eigenvalue weighted by Crippen LogP contribution is -1.99. The Morgan fingerprint density at radius 2 is 0.977 bits per heavy atom. The number of para-hydroxylation sites is 1. The number of benzene rings is 6. The molecule has 200 valence electrons. The van der Waals surface area contributed by atoms with Crippen molar-refractivity contribution in [2.45, 2.75) is 0 Å². The first-order chi connectivity index (χ1) is 21.3. The van der Waals surface area contributed by atoms with Crippen molar-refractivity contribution in [3.8, 4) is 28.2 Å². The van der Waals surface area contributed by atoms with E-state index in [1.54, 1.807) is 12.4 Å². The Morgan fingerprint density at radius 3 is 1.65 bits per heavy atom. The molecule has 0 radical (unpaired) electrons. The lowest BCUT2D eigenvalue weighted by Gasteiger charge is -2.15. The van der Waals surface area contributed by atoms with Crippen LogP contribution in [0.15, 0.2) is 146 Å². The van der Waals surface area contributed by atoms with Gasteiger partial charge in [0.2, 0.25) is 0 Å². The highest BCUT2D eigenvalue weighted by molar-refractivity contribution is 6.32. The molecule has 0 saturated heterocycles. The summed E-state index contributed by atoms with van der Waals surface area (Å²) in [7, 11) is 0. The van der Waals surface area contributed by atoms with Crippen molar-refractivity contribution in [3.63, 3.8) is 0 Å². The predicted molar refractivity (Wildman–Crippen MR) is 178 cm³/mol. The summed E-state index contributed by atoms with van der Waals surface area (Å²) in [6.45, 7) is 0. The van der Waals surface area contributed by atoms with Crippen LogP contribution in [0.1, 0.15) is 0 Å². The molecule has 3 heterocycles. The summed E-state index contributed by atoms with van der Waals surface area (Å²) >= 11 is 0. The first-order valence-corrected chi connectivity index (χ1v) is 14.5. The van der Waals surface area contributed by atoms with Gasteiger partial charge in [-0.05, 0) is 23.6 Å². The van der Waals surface area contributed by atoms with Crippen LogP contribution in [0.5, 0.6) is 0 Å². The number of aromatic nitrogens is 4. The van der Waals surface area contributed by atoms with E-state index in [0.717, 1.165) is 61.0 Å². The number of rotatable bonds is 3. The van der Waals surface area contributed by atoms with E-state index in [1.807, 2.05) is 12.1 Å². The van der Waals surface area contributed by atoms with Gasteiger partial charge in [0.25, 0.3) is 0 Å². The van der Waals surface area contributed by atoms with E-state index in [4.69, 9.17) is 15.0 Å². The summed E-state index contributed by atoms with van der Waals surface area (Å²) in [5, 5.41) is 6.96. The van der Waals surface area contributed by atoms with Crippen molar-refractivity contribution < 1.29 is 0 Å². The van der Waals surface area contributed by atoms with Crippen molar-refractivity contribution in [2.24, 2.45) is 0 Å². The van der Waals surface area contributed by atoms with Gasteiger partial charge in [-0.3, -0.25) is 9.97 Å². The second-order valence-corrected chi connectivity index (χ2v) is 10.9. The highest BCUT2D eigenvalue weighted by Crippen LogP contribution is 2.42. The van der Waals surface area contributed by atoms with Gasteiger partial charge in [-0.15, -0.1) is 0 Å². The van der Waals surface area contributed by atoms with E-state index in [-0.39, 0.29) is 0 Å². The van der Waals surface area contributed by atoms with Gasteiger partial charge in [-0.1, -0.05) is 115 Å². The molecule has 0 spiro atoms. The lowest BCUT2D eigenvalue weighted by molar-refractivity contribution is 1.16. The largest absolute Gasteiger partial charge is 0.308 e. The van der Waals surface area contributed by atoms with Gasteiger partial charge >= 0.3 is 0 Å². The second-order valence-electron chi connectivity index (χ2n) is 10.9. The third-order valence-electron chi connectivity index (χ3n) is 8.45. The van der Waals surface area contributed by atoms with Crippen LogP contribution in [0.4, 0.5) is 0 Å². The van der Waals surface area contributed by atoms with E-state index in [9.17, 15) is 0 Å². The molecule has 4 nitrogen and oxygen atoms in total. The van der Waals surface area contributed by atoms with E-state index in [2.05, 4.69) is 126 Å². The molecule has 0 atom stereocenters. The SMILES string of the molecule is c1ccc(-c2cc(-n3c4ccccc4c4ccc5c6nccnc6c6ccccc6c5c43)cc(-c3ccccc3)n2)cc1. The molecule has 9 rings (SSSR count). The highest BCUT2D eigenvalue weighted by Gasteiger charge is 2.20. The first kappa shape index (κ1) is 23.8. The van der Waals surface area contributed by atoms with Crippen LogP contribution < -0.4 is 0 Å². The molecule has 6 aromatic carbocycles. The van der Waals surface area contributed by atoms with E-state index in [1.165, 1.54) is 21.5 Å². The Labute approximate surface area is 247 Å². The third-order valence-corrected chi connectivity index (χ3v) is 8.45. The molecule has 9 aromatic rings. The van der Waals surface area contributed by atoms with E-state index >= 15 is 0 Å². The van der Waals surface area contributed by atoms with E-state index in [0.29, 0.717) is 0 Å². The zero-order valence-electron chi connectivity index (χ0n) is 23.1. The average Bonchev–Trinajstić information content (AvgIpc) is 3.43. The second kappa shape index (κ2) is 9.33. The molecule has 3 aromatic heterocycles.